The van der Waals surface area contributed by atoms with Crippen molar-refractivity contribution in [1.29, 1.82) is 0 Å². The summed E-state index contributed by atoms with van der Waals surface area (Å²) in [6.45, 7) is 1.18. The van der Waals surface area contributed by atoms with Gasteiger partial charge in [-0.15, -0.1) is 17.0 Å². The van der Waals surface area contributed by atoms with E-state index in [-0.39, 0.29) is 34.0 Å². The van der Waals surface area contributed by atoms with Gasteiger partial charge in [0.05, 0.1) is 0 Å². The second-order valence-electron chi connectivity index (χ2n) is 11.1. The average molecular weight is 734 g/mol. The van der Waals surface area contributed by atoms with Gasteiger partial charge in [-0.2, -0.15) is 0 Å². The third-order valence-corrected chi connectivity index (χ3v) is 8.18. The molecule has 0 atom stereocenters. The van der Waals surface area contributed by atoms with Gasteiger partial charge in [0.2, 0.25) is 0 Å². The Hall–Kier alpha value is -0.260. The minimum absolute atomic E-state index is 0. The molecule has 0 aliphatic heterocycles. The number of hydrogen-bond donors (Lipinski definition) is 0. The van der Waals surface area contributed by atoms with Crippen LogP contribution in [-0.2, 0) is 19.4 Å². The fourth-order valence-corrected chi connectivity index (χ4v) is 5.68. The fourth-order valence-electron chi connectivity index (χ4n) is 5.28. The molecule has 0 fully saturated rings. The zero-order valence-electron chi connectivity index (χ0n) is 24.6. The molecule has 2 heterocycles. The molecule has 2 aromatic heterocycles. The average Bonchev–Trinajstić information content (AvgIpc) is 2.93. The summed E-state index contributed by atoms with van der Waals surface area (Å²) in [5.74, 6) is 0. The molecule has 0 saturated heterocycles. The van der Waals surface area contributed by atoms with Crippen LogP contribution in [-0.4, -0.2) is 10.3 Å². The summed E-state index contributed by atoms with van der Waals surface area (Å²) in [7, 11) is 0. The molecule has 2 rings (SSSR count). The summed E-state index contributed by atoms with van der Waals surface area (Å²) in [5.41, 5.74) is 2.90. The minimum atomic E-state index is 0. The van der Waals surface area contributed by atoms with Crippen LogP contribution in [0.3, 0.4) is 0 Å². The molecule has 39 heavy (non-hydrogen) atoms. The van der Waals surface area contributed by atoms with E-state index in [0.717, 1.165) is 0 Å². The maximum atomic E-state index is 4.20. The highest BCUT2D eigenvalue weighted by Gasteiger charge is 2.03. The molecule has 0 unspecified atom stereocenters. The predicted octanol–water partition coefficient (Wildman–Crippen LogP) is 7.93. The molecule has 0 saturated carbocycles. The van der Waals surface area contributed by atoms with Gasteiger partial charge >= 0.3 is 0 Å². The van der Waals surface area contributed by atoms with E-state index >= 15 is 0 Å². The van der Waals surface area contributed by atoms with Gasteiger partial charge in [-0.25, -0.2) is 4.57 Å². The quantitative estimate of drug-likeness (QED) is 0.0576. The summed E-state index contributed by atoms with van der Waals surface area (Å²) in [4.78, 5) is 4.20. The van der Waals surface area contributed by atoms with Crippen molar-refractivity contribution in [2.24, 2.45) is 0 Å². The molecular formula is C34H57Br3N2. The van der Waals surface area contributed by atoms with Crippen LogP contribution in [0.4, 0.5) is 0 Å². The maximum absolute atomic E-state index is 4.20. The van der Waals surface area contributed by atoms with Crippen LogP contribution in [0.5, 0.6) is 0 Å². The Balaban J connectivity index is 0.00000722. The van der Waals surface area contributed by atoms with Crippen LogP contribution in [0.2, 0.25) is 0 Å². The summed E-state index contributed by atoms with van der Waals surface area (Å²) in [6, 6.07) is 8.81. The molecule has 0 spiro atoms. The summed E-state index contributed by atoms with van der Waals surface area (Å²) < 4.78 is 2.42. The van der Waals surface area contributed by atoms with Crippen LogP contribution in [0.25, 0.3) is 0 Å². The number of pyridine rings is 2. The minimum Gasteiger partial charge on any atom is -1.00 e. The summed E-state index contributed by atoms with van der Waals surface area (Å²) in [5, 5.41) is 1.17. The van der Waals surface area contributed by atoms with Gasteiger partial charge in [0, 0.05) is 35.8 Å². The van der Waals surface area contributed by atoms with Crippen LogP contribution in [0.1, 0.15) is 140 Å². The number of unbranched alkanes of at least 4 members (excludes halogenated alkanes) is 18. The maximum Gasteiger partial charge on any atom is 0.171 e. The van der Waals surface area contributed by atoms with E-state index in [1.54, 1.807) is 0 Å². The third-order valence-electron chi connectivity index (χ3n) is 7.62. The lowest BCUT2D eigenvalue weighted by atomic mass is 10.0. The van der Waals surface area contributed by atoms with E-state index in [4.69, 9.17) is 0 Å². The lowest BCUT2D eigenvalue weighted by Gasteiger charge is -2.04. The molecule has 0 radical (unpaired) electrons. The second-order valence-corrected chi connectivity index (χ2v) is 11.9. The molecule has 0 aliphatic rings. The number of nitrogens with zero attached hydrogens (tertiary/aromatic N) is 2. The monoisotopic (exact) mass is 730 g/mol. The number of alkyl halides is 1. The van der Waals surface area contributed by atoms with Gasteiger partial charge in [0.1, 0.15) is 6.54 Å². The number of rotatable bonds is 25. The molecule has 2 aromatic rings. The van der Waals surface area contributed by atoms with E-state index in [2.05, 4.69) is 56.1 Å². The molecule has 224 valence electrons. The first kappa shape index (κ1) is 38.7. The first-order valence-corrected chi connectivity index (χ1v) is 16.9. The van der Waals surface area contributed by atoms with Gasteiger partial charge in [-0.05, 0) is 56.2 Å². The largest absolute Gasteiger partial charge is 1.00 e. The van der Waals surface area contributed by atoms with Gasteiger partial charge in [-0.3, -0.25) is 4.98 Å². The lowest BCUT2D eigenvalue weighted by Crippen LogP contribution is -3.00. The molecule has 0 N–H and O–H groups in total. The van der Waals surface area contributed by atoms with E-state index in [9.17, 15) is 0 Å². The van der Waals surface area contributed by atoms with Gasteiger partial charge in [0.15, 0.2) is 12.4 Å². The van der Waals surface area contributed by atoms with Crippen molar-refractivity contribution in [1.82, 2.24) is 4.98 Å². The number of aromatic nitrogens is 2. The van der Waals surface area contributed by atoms with Crippen LogP contribution < -0.4 is 21.5 Å². The first-order chi connectivity index (χ1) is 18.4. The highest BCUT2D eigenvalue weighted by molar-refractivity contribution is 9.09. The number of aryl methyl sites for hydroxylation is 3. The Bertz CT molecular complexity index is 757. The molecule has 0 aliphatic carbocycles. The Labute approximate surface area is 271 Å². The van der Waals surface area contributed by atoms with Crippen molar-refractivity contribution in [2.75, 3.05) is 5.33 Å². The summed E-state index contributed by atoms with van der Waals surface area (Å²) >= 11 is 3.52. The molecule has 0 bridgehead atoms. The van der Waals surface area contributed by atoms with Crippen molar-refractivity contribution in [3.05, 3.63) is 60.2 Å². The van der Waals surface area contributed by atoms with Crippen LogP contribution >= 0.6 is 32.9 Å². The van der Waals surface area contributed by atoms with Gasteiger partial charge in [0.25, 0.3) is 0 Å². The van der Waals surface area contributed by atoms with E-state index in [1.807, 2.05) is 18.5 Å². The Morgan fingerprint density at radius 1 is 0.564 bits per heavy atom. The van der Waals surface area contributed by atoms with E-state index < -0.39 is 0 Å². The van der Waals surface area contributed by atoms with Crippen molar-refractivity contribution in [3.8, 4) is 0 Å². The van der Waals surface area contributed by atoms with Crippen molar-refractivity contribution >= 4 is 32.9 Å². The van der Waals surface area contributed by atoms with Crippen LogP contribution in [0.15, 0.2) is 49.1 Å². The smallest absolute Gasteiger partial charge is 0.171 e. The normalized spacial score (nSPS) is 10.7. The number of halogens is 3. The van der Waals surface area contributed by atoms with Crippen molar-refractivity contribution < 1.29 is 21.5 Å². The Morgan fingerprint density at radius 3 is 1.54 bits per heavy atom. The highest BCUT2D eigenvalue weighted by Crippen LogP contribution is 2.14. The van der Waals surface area contributed by atoms with E-state index in [0.29, 0.717) is 0 Å². The van der Waals surface area contributed by atoms with Crippen molar-refractivity contribution in [3.63, 3.8) is 0 Å². The first-order valence-electron chi connectivity index (χ1n) is 15.8. The summed E-state index contributed by atoms with van der Waals surface area (Å²) in [6.07, 6.45) is 38.9. The topological polar surface area (TPSA) is 16.8 Å². The standard InChI is InChI=1S/C34H56BrN2.2BrH/c35-27-19-15-11-7-4-2-1-3-5-10-14-18-24-34-26-22-30-37(32-34)29-20-16-12-8-6-9-13-17-23-33-25-21-28-36-31-33;;/h21-22,25-26,28,30-32H,1-20,23-24,27,29H2;2*1H/q+1;;/p-1. The van der Waals surface area contributed by atoms with Gasteiger partial charge in [-0.1, -0.05) is 118 Å². The Morgan fingerprint density at radius 2 is 1.03 bits per heavy atom. The molecule has 0 amide bonds. The zero-order chi connectivity index (χ0) is 26.1. The lowest BCUT2D eigenvalue weighted by molar-refractivity contribution is -0.697. The molecule has 5 heteroatoms. The molecular weight excluding hydrogens is 676 g/mol. The van der Waals surface area contributed by atoms with Gasteiger partial charge < -0.3 is 17.0 Å². The molecule has 2 nitrogen and oxygen atoms in total. The number of hydrogen-bond acceptors (Lipinski definition) is 1. The third kappa shape index (κ3) is 23.0. The predicted molar refractivity (Wildman–Crippen MR) is 175 cm³/mol. The van der Waals surface area contributed by atoms with Crippen LogP contribution in [0, 0.1) is 0 Å². The van der Waals surface area contributed by atoms with E-state index in [1.165, 1.54) is 164 Å². The van der Waals surface area contributed by atoms with Crippen molar-refractivity contribution in [2.45, 2.75) is 148 Å². The molecule has 0 aromatic carbocycles. The Kier molecular flexibility index (Phi) is 29.0. The second kappa shape index (κ2) is 29.2. The fraction of sp³-hybridized carbons (Fsp3) is 0.706. The highest BCUT2D eigenvalue weighted by atomic mass is 79.9. The SMILES string of the molecule is Br.BrCCCCCCCCCCCCCCc1ccc[n+](CCCCCCCCCCc2cccnc2)c1.[Br-]. The zero-order valence-corrected chi connectivity index (χ0v) is 29.5.